The molecular weight excluding hydrogens is 395 g/mol. The zero-order chi connectivity index (χ0) is 20.3. The first kappa shape index (κ1) is 19.8. The summed E-state index contributed by atoms with van der Waals surface area (Å²) in [5, 5.41) is 4.68. The second-order valence-electron chi connectivity index (χ2n) is 6.88. The molecule has 5 heteroatoms. The van der Waals surface area contributed by atoms with E-state index in [1.807, 2.05) is 19.0 Å². The van der Waals surface area contributed by atoms with Gasteiger partial charge in [-0.3, -0.25) is 0 Å². The number of aromatic nitrogens is 1. The highest BCUT2D eigenvalue weighted by Gasteiger charge is 2.52. The van der Waals surface area contributed by atoms with Crippen LogP contribution in [0.5, 0.6) is 0 Å². The van der Waals surface area contributed by atoms with E-state index in [9.17, 15) is 0 Å². The molecule has 0 spiro atoms. The molecule has 0 N–H and O–H groups in total. The number of nitrogens with zero attached hydrogens (tertiary/aromatic N) is 2. The fourth-order valence-electron chi connectivity index (χ4n) is 3.59. The van der Waals surface area contributed by atoms with Gasteiger partial charge in [0.25, 0.3) is 5.44 Å². The molecule has 0 radical (unpaired) electrons. The van der Waals surface area contributed by atoms with Crippen molar-refractivity contribution in [2.45, 2.75) is 5.09 Å². The van der Waals surface area contributed by atoms with Crippen molar-refractivity contribution in [3.8, 4) is 0 Å². The van der Waals surface area contributed by atoms with Gasteiger partial charge in [0.2, 0.25) is 5.09 Å². The van der Waals surface area contributed by atoms with E-state index in [-0.39, 0.29) is 0 Å². The second-order valence-corrected chi connectivity index (χ2v) is 11.0. The summed E-state index contributed by atoms with van der Waals surface area (Å²) in [6, 6.07) is 32.9. The lowest BCUT2D eigenvalue weighted by molar-refractivity contribution is 0.476. The van der Waals surface area contributed by atoms with E-state index in [1.54, 1.807) is 11.8 Å². The Hall–Kier alpha value is -2.55. The standard InChI is InChI=1S/C24H24N2OPS/c1-26(2)24-25-22(23(27-24)29-3)28(19-13-7-4-8-14-19,20-15-9-5-10-16-20)21-17-11-6-12-18-21/h4-18H,1-3H3/q+1. The van der Waals surface area contributed by atoms with Gasteiger partial charge in [0.15, 0.2) is 7.26 Å². The minimum absolute atomic E-state index is 0.636. The predicted octanol–water partition coefficient (Wildman–Crippen LogP) is 4.08. The van der Waals surface area contributed by atoms with Crippen LogP contribution in [0.2, 0.25) is 0 Å². The van der Waals surface area contributed by atoms with Crippen LogP contribution in [-0.2, 0) is 0 Å². The molecule has 29 heavy (non-hydrogen) atoms. The normalized spacial score (nSPS) is 11.4. The zero-order valence-corrected chi connectivity index (χ0v) is 18.5. The second kappa shape index (κ2) is 8.44. The SMILES string of the molecule is CSc1oc(N(C)C)nc1[P+](c1ccccc1)(c1ccccc1)c1ccccc1. The lowest BCUT2D eigenvalue weighted by Gasteiger charge is -2.25. The van der Waals surface area contributed by atoms with Gasteiger partial charge in [0, 0.05) is 14.1 Å². The number of hydrogen-bond donors (Lipinski definition) is 0. The maximum atomic E-state index is 6.20. The summed E-state index contributed by atoms with van der Waals surface area (Å²) in [5.41, 5.74) is 1.03. The van der Waals surface area contributed by atoms with Gasteiger partial charge in [-0.1, -0.05) is 66.4 Å². The van der Waals surface area contributed by atoms with E-state index < -0.39 is 7.26 Å². The van der Waals surface area contributed by atoms with Crippen molar-refractivity contribution in [2.75, 3.05) is 25.3 Å². The third-order valence-corrected chi connectivity index (χ3v) is 9.84. The molecular formula is C24H24N2OPS+. The molecule has 1 aromatic heterocycles. The Morgan fingerprint density at radius 2 is 1.14 bits per heavy atom. The van der Waals surface area contributed by atoms with E-state index in [1.165, 1.54) is 15.9 Å². The minimum atomic E-state index is -2.23. The molecule has 3 nitrogen and oxygen atoms in total. The zero-order valence-electron chi connectivity index (χ0n) is 16.8. The molecule has 0 aliphatic rings. The van der Waals surface area contributed by atoms with Crippen LogP contribution in [0.1, 0.15) is 0 Å². The maximum Gasteiger partial charge on any atom is 0.301 e. The lowest BCUT2D eigenvalue weighted by atomic mass is 10.4. The number of thioether (sulfide) groups is 1. The number of oxazole rings is 1. The van der Waals surface area contributed by atoms with E-state index in [0.29, 0.717) is 6.01 Å². The first-order valence-electron chi connectivity index (χ1n) is 9.46. The lowest BCUT2D eigenvalue weighted by Crippen LogP contribution is -2.40. The summed E-state index contributed by atoms with van der Waals surface area (Å²) in [5.74, 6) is 0. The summed E-state index contributed by atoms with van der Waals surface area (Å²) in [6.07, 6.45) is 2.05. The van der Waals surface area contributed by atoms with Gasteiger partial charge in [-0.2, -0.15) is 4.98 Å². The molecule has 0 aliphatic carbocycles. The fraction of sp³-hybridized carbons (Fsp3) is 0.125. The molecule has 0 fully saturated rings. The van der Waals surface area contributed by atoms with Crippen LogP contribution in [0.25, 0.3) is 0 Å². The maximum absolute atomic E-state index is 6.20. The Kier molecular flexibility index (Phi) is 5.75. The highest BCUT2D eigenvalue weighted by molar-refractivity contribution is 8.04. The van der Waals surface area contributed by atoms with Crippen LogP contribution in [0.3, 0.4) is 0 Å². The van der Waals surface area contributed by atoms with Crippen molar-refractivity contribution >= 4 is 46.4 Å². The summed E-state index contributed by atoms with van der Waals surface area (Å²) in [4.78, 5) is 7.00. The summed E-state index contributed by atoms with van der Waals surface area (Å²) in [7, 11) is 1.70. The molecule has 4 rings (SSSR count). The van der Waals surface area contributed by atoms with Crippen LogP contribution in [0, 0.1) is 0 Å². The summed E-state index contributed by atoms with van der Waals surface area (Å²) >= 11 is 1.62. The molecule has 0 atom stereocenters. The molecule has 0 saturated carbocycles. The van der Waals surface area contributed by atoms with Gasteiger partial charge in [-0.05, 0) is 42.7 Å². The van der Waals surface area contributed by atoms with Gasteiger partial charge in [0.1, 0.15) is 15.9 Å². The van der Waals surface area contributed by atoms with Crippen molar-refractivity contribution in [1.29, 1.82) is 0 Å². The average molecular weight is 420 g/mol. The smallest absolute Gasteiger partial charge is 0.301 e. The van der Waals surface area contributed by atoms with Gasteiger partial charge < -0.3 is 9.32 Å². The largest absolute Gasteiger partial charge is 0.412 e. The fourth-order valence-corrected chi connectivity index (χ4v) is 8.70. The Labute approximate surface area is 177 Å². The van der Waals surface area contributed by atoms with E-state index in [4.69, 9.17) is 9.40 Å². The number of hydrogen-bond acceptors (Lipinski definition) is 4. The van der Waals surface area contributed by atoms with Gasteiger partial charge >= 0.3 is 6.01 Å². The van der Waals surface area contributed by atoms with Gasteiger partial charge in [-0.25, -0.2) is 0 Å². The van der Waals surface area contributed by atoms with Crippen molar-refractivity contribution < 1.29 is 4.42 Å². The van der Waals surface area contributed by atoms with Crippen molar-refractivity contribution in [3.05, 3.63) is 91.0 Å². The molecule has 1 heterocycles. The topological polar surface area (TPSA) is 29.3 Å². The van der Waals surface area contributed by atoms with Crippen LogP contribution in [-0.4, -0.2) is 25.3 Å². The number of benzene rings is 3. The molecule has 0 saturated heterocycles. The van der Waals surface area contributed by atoms with Gasteiger partial charge in [-0.15, -0.1) is 0 Å². The van der Waals surface area contributed by atoms with Crippen molar-refractivity contribution in [3.63, 3.8) is 0 Å². The van der Waals surface area contributed by atoms with E-state index >= 15 is 0 Å². The molecule has 146 valence electrons. The van der Waals surface area contributed by atoms with Crippen LogP contribution in [0.4, 0.5) is 6.01 Å². The van der Waals surface area contributed by atoms with Gasteiger partial charge in [0.05, 0.1) is 0 Å². The van der Waals surface area contributed by atoms with Crippen LogP contribution in [0.15, 0.2) is 101 Å². The van der Waals surface area contributed by atoms with E-state index in [0.717, 1.165) is 10.5 Å². The minimum Gasteiger partial charge on any atom is -0.412 e. The molecule has 0 amide bonds. The van der Waals surface area contributed by atoms with E-state index in [2.05, 4.69) is 97.3 Å². The van der Waals surface area contributed by atoms with Crippen molar-refractivity contribution in [2.24, 2.45) is 0 Å². The monoisotopic (exact) mass is 419 g/mol. The van der Waals surface area contributed by atoms with Crippen molar-refractivity contribution in [1.82, 2.24) is 4.98 Å². The summed E-state index contributed by atoms with van der Waals surface area (Å²) < 4.78 is 6.20. The Balaban J connectivity index is 2.15. The molecule has 4 aromatic rings. The highest BCUT2D eigenvalue weighted by atomic mass is 32.2. The molecule has 0 aliphatic heterocycles. The first-order chi connectivity index (χ1) is 14.2. The quantitative estimate of drug-likeness (QED) is 0.348. The first-order valence-corrected chi connectivity index (χ1v) is 12.5. The Morgan fingerprint density at radius 3 is 1.48 bits per heavy atom. The molecule has 0 bridgehead atoms. The van der Waals surface area contributed by atoms with Crippen LogP contribution >= 0.6 is 19.0 Å². The molecule has 0 unspecified atom stereocenters. The summed E-state index contributed by atoms with van der Waals surface area (Å²) in [6.45, 7) is 0. The van der Waals surface area contributed by atoms with Crippen LogP contribution < -0.4 is 26.2 Å². The molecule has 3 aromatic carbocycles. The number of anilines is 1. The Bertz CT molecular complexity index is 969. The third kappa shape index (κ3) is 3.48. The average Bonchev–Trinajstić information content (AvgIpc) is 3.22. The Morgan fingerprint density at radius 1 is 0.724 bits per heavy atom. The predicted molar refractivity (Wildman–Crippen MR) is 127 cm³/mol. The highest BCUT2D eigenvalue weighted by Crippen LogP contribution is 2.55. The third-order valence-electron chi connectivity index (χ3n) is 4.88. The number of rotatable bonds is 6.